The summed E-state index contributed by atoms with van der Waals surface area (Å²) < 4.78 is 15.0. The molecule has 0 radical (unpaired) electrons. The molecule has 27 heavy (non-hydrogen) atoms. The van der Waals surface area contributed by atoms with Crippen LogP contribution in [-0.2, 0) is 4.74 Å². The van der Waals surface area contributed by atoms with E-state index in [1.54, 1.807) is 19.1 Å². The van der Waals surface area contributed by atoms with Crippen LogP contribution in [0.5, 0.6) is 11.5 Å². The Balaban J connectivity index is 2.42. The Bertz CT molecular complexity index is 909. The number of aryl methyl sites for hydroxylation is 1. The van der Waals surface area contributed by atoms with E-state index in [-0.39, 0.29) is 11.1 Å². The molecule has 9 heteroatoms. The number of methoxy groups -OCH3 is 3. The SMILES string of the molecule is COC(=O)c1cc(C(=O)Nc2cc(OC)c(OC)cc2C)cc([N+](=O)[O-])c1. The zero-order valence-corrected chi connectivity index (χ0v) is 15.2. The van der Waals surface area contributed by atoms with Crippen LogP contribution >= 0.6 is 0 Å². The highest BCUT2D eigenvalue weighted by Crippen LogP contribution is 2.33. The molecule has 142 valence electrons. The number of hydrogen-bond acceptors (Lipinski definition) is 7. The quantitative estimate of drug-likeness (QED) is 0.469. The molecule has 0 aliphatic rings. The van der Waals surface area contributed by atoms with Gasteiger partial charge in [-0.25, -0.2) is 4.79 Å². The van der Waals surface area contributed by atoms with Crippen molar-refractivity contribution in [3.63, 3.8) is 0 Å². The zero-order valence-electron chi connectivity index (χ0n) is 15.2. The molecule has 0 fully saturated rings. The molecule has 2 aromatic carbocycles. The molecule has 0 saturated heterocycles. The predicted molar refractivity (Wildman–Crippen MR) is 96.7 cm³/mol. The fraction of sp³-hybridized carbons (Fsp3) is 0.222. The molecule has 0 atom stereocenters. The number of hydrogen-bond donors (Lipinski definition) is 1. The number of ether oxygens (including phenoxy) is 3. The normalized spacial score (nSPS) is 10.1. The minimum absolute atomic E-state index is 0.0567. The maximum Gasteiger partial charge on any atom is 0.338 e. The van der Waals surface area contributed by atoms with Gasteiger partial charge in [0, 0.05) is 29.4 Å². The van der Waals surface area contributed by atoms with Crippen LogP contribution < -0.4 is 14.8 Å². The molecule has 2 rings (SSSR count). The van der Waals surface area contributed by atoms with E-state index in [1.807, 2.05) is 0 Å². The number of benzene rings is 2. The average molecular weight is 374 g/mol. The summed E-state index contributed by atoms with van der Waals surface area (Å²) in [5.74, 6) is -0.502. The van der Waals surface area contributed by atoms with Crippen LogP contribution in [0.2, 0.25) is 0 Å². The second kappa shape index (κ2) is 8.17. The Morgan fingerprint density at radius 3 is 2.11 bits per heavy atom. The van der Waals surface area contributed by atoms with E-state index in [2.05, 4.69) is 10.1 Å². The average Bonchev–Trinajstić information content (AvgIpc) is 2.67. The van der Waals surface area contributed by atoms with Gasteiger partial charge in [0.2, 0.25) is 0 Å². The van der Waals surface area contributed by atoms with Crippen molar-refractivity contribution in [2.75, 3.05) is 26.6 Å². The number of amides is 1. The minimum atomic E-state index is -0.782. The van der Waals surface area contributed by atoms with Crippen LogP contribution in [0.3, 0.4) is 0 Å². The van der Waals surface area contributed by atoms with Crippen molar-refractivity contribution in [3.05, 3.63) is 57.1 Å². The summed E-state index contributed by atoms with van der Waals surface area (Å²) in [5, 5.41) is 13.8. The van der Waals surface area contributed by atoms with Crippen LogP contribution in [0.1, 0.15) is 26.3 Å². The third-order valence-corrected chi connectivity index (χ3v) is 3.79. The van der Waals surface area contributed by atoms with Crippen LogP contribution in [0.15, 0.2) is 30.3 Å². The molecule has 0 spiro atoms. The Hall–Kier alpha value is -3.62. The summed E-state index contributed by atoms with van der Waals surface area (Å²) >= 11 is 0. The molecule has 1 amide bonds. The van der Waals surface area contributed by atoms with Gasteiger partial charge in [0.05, 0.1) is 31.8 Å². The van der Waals surface area contributed by atoms with Gasteiger partial charge < -0.3 is 19.5 Å². The summed E-state index contributed by atoms with van der Waals surface area (Å²) in [6.45, 7) is 1.75. The predicted octanol–water partition coefficient (Wildman–Crippen LogP) is 2.96. The van der Waals surface area contributed by atoms with E-state index in [0.717, 1.165) is 19.2 Å². The first-order valence-corrected chi connectivity index (χ1v) is 7.72. The lowest BCUT2D eigenvalue weighted by molar-refractivity contribution is -0.384. The second-order valence-electron chi connectivity index (χ2n) is 5.49. The molecule has 0 heterocycles. The van der Waals surface area contributed by atoms with Gasteiger partial charge in [-0.1, -0.05) is 0 Å². The number of nitrogens with one attached hydrogen (secondary N) is 1. The molecule has 0 aliphatic carbocycles. The first-order chi connectivity index (χ1) is 12.8. The highest BCUT2D eigenvalue weighted by Gasteiger charge is 2.19. The van der Waals surface area contributed by atoms with Gasteiger partial charge in [-0.3, -0.25) is 14.9 Å². The Morgan fingerprint density at radius 1 is 0.963 bits per heavy atom. The summed E-state index contributed by atoms with van der Waals surface area (Å²) in [5.41, 5.74) is 0.579. The van der Waals surface area contributed by atoms with Crippen molar-refractivity contribution in [2.45, 2.75) is 6.92 Å². The highest BCUT2D eigenvalue weighted by molar-refractivity contribution is 6.06. The zero-order chi connectivity index (χ0) is 20.1. The van der Waals surface area contributed by atoms with Crippen LogP contribution in [-0.4, -0.2) is 38.1 Å². The first-order valence-electron chi connectivity index (χ1n) is 7.72. The van der Waals surface area contributed by atoms with Crippen molar-refractivity contribution < 1.29 is 28.7 Å². The van der Waals surface area contributed by atoms with Gasteiger partial charge in [-0.15, -0.1) is 0 Å². The largest absolute Gasteiger partial charge is 0.493 e. The topological polar surface area (TPSA) is 117 Å². The van der Waals surface area contributed by atoms with E-state index >= 15 is 0 Å². The molecule has 1 N–H and O–H groups in total. The van der Waals surface area contributed by atoms with Crippen LogP contribution in [0.4, 0.5) is 11.4 Å². The second-order valence-corrected chi connectivity index (χ2v) is 5.49. The summed E-state index contributed by atoms with van der Waals surface area (Å²) in [7, 11) is 4.10. The number of carbonyl (C=O) groups excluding carboxylic acids is 2. The van der Waals surface area contributed by atoms with Gasteiger partial charge in [-0.05, 0) is 24.6 Å². The number of anilines is 1. The van der Waals surface area contributed by atoms with E-state index in [4.69, 9.17) is 9.47 Å². The van der Waals surface area contributed by atoms with Gasteiger partial charge in [0.1, 0.15) is 0 Å². The molecule has 0 unspecified atom stereocenters. The lowest BCUT2D eigenvalue weighted by Gasteiger charge is -2.14. The lowest BCUT2D eigenvalue weighted by atomic mass is 10.1. The molecular formula is C18H18N2O7. The first kappa shape index (κ1) is 19.7. The molecule has 0 saturated carbocycles. The van der Waals surface area contributed by atoms with Gasteiger partial charge in [-0.2, -0.15) is 0 Å². The number of non-ortho nitro benzene ring substituents is 1. The monoisotopic (exact) mass is 374 g/mol. The van der Waals surface area contributed by atoms with Crippen molar-refractivity contribution >= 4 is 23.3 Å². The molecule has 2 aromatic rings. The standard InChI is InChI=1S/C18H18N2O7/c1-10-5-15(25-2)16(26-3)9-14(10)19-17(21)11-6-12(18(22)27-4)8-13(7-11)20(23)24/h5-9H,1-4H3,(H,19,21). The summed E-state index contributed by atoms with van der Waals surface area (Å²) in [4.78, 5) is 34.7. The molecule has 0 bridgehead atoms. The van der Waals surface area contributed by atoms with Crippen LogP contribution in [0.25, 0.3) is 0 Å². The summed E-state index contributed by atoms with van der Waals surface area (Å²) in [6, 6.07) is 6.61. The fourth-order valence-corrected chi connectivity index (χ4v) is 2.39. The van der Waals surface area contributed by atoms with E-state index in [9.17, 15) is 19.7 Å². The maximum atomic E-state index is 12.6. The lowest BCUT2D eigenvalue weighted by Crippen LogP contribution is -2.15. The van der Waals surface area contributed by atoms with E-state index < -0.39 is 22.5 Å². The van der Waals surface area contributed by atoms with Crippen molar-refractivity contribution in [2.24, 2.45) is 0 Å². The van der Waals surface area contributed by atoms with Gasteiger partial charge in [0.15, 0.2) is 11.5 Å². The Labute approximate surface area is 155 Å². The number of esters is 1. The molecular weight excluding hydrogens is 356 g/mol. The number of nitro benzene ring substituents is 1. The van der Waals surface area contributed by atoms with Crippen molar-refractivity contribution in [3.8, 4) is 11.5 Å². The highest BCUT2D eigenvalue weighted by atomic mass is 16.6. The molecule has 9 nitrogen and oxygen atoms in total. The van der Waals surface area contributed by atoms with Crippen LogP contribution in [0, 0.1) is 17.0 Å². The Morgan fingerprint density at radius 2 is 1.56 bits per heavy atom. The van der Waals surface area contributed by atoms with Crippen molar-refractivity contribution in [1.82, 2.24) is 0 Å². The summed E-state index contributed by atoms with van der Waals surface area (Å²) in [6.07, 6.45) is 0. The maximum absolute atomic E-state index is 12.6. The number of carbonyl (C=O) groups is 2. The van der Waals surface area contributed by atoms with E-state index in [1.165, 1.54) is 20.3 Å². The third-order valence-electron chi connectivity index (χ3n) is 3.79. The molecule has 0 aromatic heterocycles. The van der Waals surface area contributed by atoms with Crippen molar-refractivity contribution in [1.29, 1.82) is 0 Å². The number of rotatable bonds is 6. The molecule has 0 aliphatic heterocycles. The fourth-order valence-electron chi connectivity index (χ4n) is 2.39. The minimum Gasteiger partial charge on any atom is -0.493 e. The smallest absolute Gasteiger partial charge is 0.338 e. The Kier molecular flexibility index (Phi) is 5.96. The van der Waals surface area contributed by atoms with Gasteiger partial charge >= 0.3 is 5.97 Å². The van der Waals surface area contributed by atoms with Gasteiger partial charge in [0.25, 0.3) is 11.6 Å². The number of nitro groups is 1. The third kappa shape index (κ3) is 4.32. The number of nitrogens with zero attached hydrogens (tertiary/aromatic N) is 1. The van der Waals surface area contributed by atoms with E-state index in [0.29, 0.717) is 22.7 Å².